The minimum Gasteiger partial charge on any atom is -0.477 e. The third-order valence-corrected chi connectivity index (χ3v) is 1.39. The van der Waals surface area contributed by atoms with Gasteiger partial charge in [-0.05, 0) is 18.3 Å². The summed E-state index contributed by atoms with van der Waals surface area (Å²) in [5, 5.41) is 8.41. The van der Waals surface area contributed by atoms with Gasteiger partial charge in [-0.25, -0.2) is 4.79 Å². The number of H-pyrrole nitrogens is 2. The van der Waals surface area contributed by atoms with E-state index in [9.17, 15) is 4.79 Å². The van der Waals surface area contributed by atoms with Gasteiger partial charge in [-0.3, -0.25) is 0 Å². The lowest BCUT2D eigenvalue weighted by molar-refractivity contribution is -0.132. The van der Waals surface area contributed by atoms with Gasteiger partial charge < -0.3 is 20.8 Å². The van der Waals surface area contributed by atoms with Gasteiger partial charge in [-0.2, -0.15) is 0 Å². The summed E-state index contributed by atoms with van der Waals surface area (Å²) in [6, 6.07) is 0. The van der Waals surface area contributed by atoms with Gasteiger partial charge in [0.15, 0.2) is 4.77 Å². The molecular weight excluding hydrogens is 178 g/mol. The van der Waals surface area contributed by atoms with E-state index in [0.29, 0.717) is 10.5 Å². The first-order valence-corrected chi connectivity index (χ1v) is 3.48. The smallest absolute Gasteiger partial charge is 0.351 e. The van der Waals surface area contributed by atoms with Crippen LogP contribution in [0.15, 0.2) is 11.9 Å². The van der Waals surface area contributed by atoms with Gasteiger partial charge in [0.1, 0.15) is 5.70 Å². The van der Waals surface area contributed by atoms with Crippen molar-refractivity contribution in [2.75, 3.05) is 0 Å². The van der Waals surface area contributed by atoms with E-state index in [-0.39, 0.29) is 5.70 Å². The van der Waals surface area contributed by atoms with Crippen LogP contribution in [0.1, 0.15) is 5.69 Å². The SMILES string of the molecule is NC(=Cc1c[nH]c(=S)[nH]1)C(=O)O. The van der Waals surface area contributed by atoms with Crippen molar-refractivity contribution < 1.29 is 9.90 Å². The van der Waals surface area contributed by atoms with Gasteiger partial charge in [0.2, 0.25) is 0 Å². The number of rotatable bonds is 2. The Morgan fingerprint density at radius 3 is 2.83 bits per heavy atom. The number of hydrogen-bond acceptors (Lipinski definition) is 3. The predicted molar refractivity (Wildman–Crippen MR) is 45.8 cm³/mol. The van der Waals surface area contributed by atoms with Crippen molar-refractivity contribution in [3.63, 3.8) is 0 Å². The first-order chi connectivity index (χ1) is 5.59. The first kappa shape index (κ1) is 8.54. The zero-order valence-electron chi connectivity index (χ0n) is 6.00. The van der Waals surface area contributed by atoms with Crippen LogP contribution in [0.3, 0.4) is 0 Å². The molecule has 0 bridgehead atoms. The van der Waals surface area contributed by atoms with Crippen molar-refractivity contribution in [1.82, 2.24) is 9.97 Å². The van der Waals surface area contributed by atoms with E-state index in [1.807, 2.05) is 0 Å². The Bertz CT molecular complexity index is 376. The highest BCUT2D eigenvalue weighted by molar-refractivity contribution is 7.71. The molecule has 0 aliphatic carbocycles. The summed E-state index contributed by atoms with van der Waals surface area (Å²) in [6.07, 6.45) is 2.83. The summed E-state index contributed by atoms with van der Waals surface area (Å²) >= 11 is 4.72. The number of nitrogens with two attached hydrogens (primary N) is 1. The van der Waals surface area contributed by atoms with Crippen molar-refractivity contribution in [3.05, 3.63) is 22.4 Å². The molecule has 0 saturated carbocycles. The molecule has 0 aromatic carbocycles. The maximum absolute atomic E-state index is 10.3. The average molecular weight is 185 g/mol. The Kier molecular flexibility index (Phi) is 2.29. The molecule has 0 radical (unpaired) electrons. The zero-order valence-corrected chi connectivity index (χ0v) is 6.81. The second-order valence-corrected chi connectivity index (χ2v) is 2.51. The number of carboxylic acids is 1. The van der Waals surface area contributed by atoms with Crippen molar-refractivity contribution in [1.29, 1.82) is 0 Å². The summed E-state index contributed by atoms with van der Waals surface area (Å²) in [7, 11) is 0. The zero-order chi connectivity index (χ0) is 9.14. The van der Waals surface area contributed by atoms with E-state index in [4.69, 9.17) is 23.1 Å². The quantitative estimate of drug-likeness (QED) is 0.397. The van der Waals surface area contributed by atoms with E-state index in [0.717, 1.165) is 0 Å². The molecule has 0 amide bonds. The van der Waals surface area contributed by atoms with Crippen LogP contribution in [0.5, 0.6) is 0 Å². The van der Waals surface area contributed by atoms with Gasteiger partial charge >= 0.3 is 5.97 Å². The van der Waals surface area contributed by atoms with Gasteiger partial charge in [0.25, 0.3) is 0 Å². The highest BCUT2D eigenvalue weighted by atomic mass is 32.1. The second-order valence-electron chi connectivity index (χ2n) is 2.10. The van der Waals surface area contributed by atoms with E-state index < -0.39 is 5.97 Å². The lowest BCUT2D eigenvalue weighted by atomic mass is 10.3. The number of nitrogens with one attached hydrogen (secondary N) is 2. The molecule has 1 heterocycles. The van der Waals surface area contributed by atoms with Crippen LogP contribution in [0.25, 0.3) is 6.08 Å². The maximum Gasteiger partial charge on any atom is 0.351 e. The summed E-state index contributed by atoms with van der Waals surface area (Å²) in [5.74, 6) is -1.16. The lowest BCUT2D eigenvalue weighted by Gasteiger charge is -1.89. The second kappa shape index (κ2) is 3.22. The molecule has 5 nitrogen and oxygen atoms in total. The fraction of sp³-hybridized carbons (Fsp3) is 0. The van der Waals surface area contributed by atoms with Gasteiger partial charge in [-0.1, -0.05) is 0 Å². The molecule has 0 aliphatic heterocycles. The molecule has 1 rings (SSSR count). The number of hydrogen-bond donors (Lipinski definition) is 4. The minimum atomic E-state index is -1.16. The summed E-state index contributed by atoms with van der Waals surface area (Å²) < 4.78 is 0.430. The lowest BCUT2D eigenvalue weighted by Crippen LogP contribution is -2.09. The number of carbonyl (C=O) groups is 1. The van der Waals surface area contributed by atoms with Crippen LogP contribution >= 0.6 is 12.2 Å². The number of aromatic amines is 2. The van der Waals surface area contributed by atoms with Gasteiger partial charge in [0.05, 0.1) is 5.69 Å². The molecular formula is C6H7N3O2S. The number of aliphatic carboxylic acids is 1. The third-order valence-electron chi connectivity index (χ3n) is 1.17. The monoisotopic (exact) mass is 185 g/mol. The average Bonchev–Trinajstić information content (AvgIpc) is 2.35. The Morgan fingerprint density at radius 1 is 1.75 bits per heavy atom. The molecule has 1 aromatic rings. The number of imidazole rings is 1. The van der Waals surface area contributed by atoms with Crippen LogP contribution in [0.4, 0.5) is 0 Å². The molecule has 0 atom stereocenters. The van der Waals surface area contributed by atoms with E-state index in [1.54, 1.807) is 0 Å². The molecule has 0 saturated heterocycles. The van der Waals surface area contributed by atoms with E-state index in [2.05, 4.69) is 9.97 Å². The van der Waals surface area contributed by atoms with E-state index in [1.165, 1.54) is 12.3 Å². The molecule has 5 N–H and O–H groups in total. The molecule has 6 heteroatoms. The number of aromatic nitrogens is 2. The maximum atomic E-state index is 10.3. The van der Waals surface area contributed by atoms with Crippen molar-refractivity contribution in [2.24, 2.45) is 5.73 Å². The number of carboxylic acid groups (broad SMARTS) is 1. The van der Waals surface area contributed by atoms with Crippen LogP contribution in [0, 0.1) is 4.77 Å². The minimum absolute atomic E-state index is 0.236. The summed E-state index contributed by atoms with van der Waals surface area (Å²) in [6.45, 7) is 0. The van der Waals surface area contributed by atoms with Crippen LogP contribution in [-0.4, -0.2) is 21.0 Å². The normalized spacial score (nSPS) is 11.5. The molecule has 0 fully saturated rings. The van der Waals surface area contributed by atoms with Crippen LogP contribution in [-0.2, 0) is 4.79 Å². The molecule has 12 heavy (non-hydrogen) atoms. The first-order valence-electron chi connectivity index (χ1n) is 3.08. The van der Waals surface area contributed by atoms with E-state index >= 15 is 0 Å². The van der Waals surface area contributed by atoms with Crippen LogP contribution in [0.2, 0.25) is 0 Å². The summed E-state index contributed by atoms with van der Waals surface area (Å²) in [4.78, 5) is 15.6. The Morgan fingerprint density at radius 2 is 2.42 bits per heavy atom. The third kappa shape index (κ3) is 1.96. The predicted octanol–water partition coefficient (Wildman–Crippen LogP) is 0.456. The highest BCUT2D eigenvalue weighted by Gasteiger charge is 2.00. The highest BCUT2D eigenvalue weighted by Crippen LogP contribution is 1.98. The largest absolute Gasteiger partial charge is 0.477 e. The molecule has 1 aromatic heterocycles. The Hall–Kier alpha value is -1.56. The molecule has 0 spiro atoms. The van der Waals surface area contributed by atoms with Crippen LogP contribution < -0.4 is 5.73 Å². The van der Waals surface area contributed by atoms with Crippen molar-refractivity contribution in [3.8, 4) is 0 Å². The van der Waals surface area contributed by atoms with Gasteiger partial charge in [-0.15, -0.1) is 0 Å². The Balaban J connectivity index is 2.95. The van der Waals surface area contributed by atoms with Crippen molar-refractivity contribution in [2.45, 2.75) is 0 Å². The summed E-state index contributed by atoms with van der Waals surface area (Å²) in [5.41, 5.74) is 5.46. The molecule has 0 unspecified atom stereocenters. The topological polar surface area (TPSA) is 94.9 Å². The standard InChI is InChI=1S/C6H7N3O2S/c7-4(5(10)11)1-3-2-8-6(12)9-3/h1-2H,7H2,(H,10,11)(H2,8,9,12). The molecule has 0 aliphatic rings. The van der Waals surface area contributed by atoms with Crippen molar-refractivity contribution >= 4 is 24.3 Å². The van der Waals surface area contributed by atoms with Gasteiger partial charge in [0, 0.05) is 6.20 Å². The fourth-order valence-corrected chi connectivity index (χ4v) is 0.830. The molecule has 64 valence electrons. The fourth-order valence-electron chi connectivity index (χ4n) is 0.654. The Labute approximate surface area is 72.9 Å².